The molecule has 0 aliphatic rings. The average Bonchev–Trinajstić information content (AvgIpc) is 2.66. The van der Waals surface area contributed by atoms with Crippen LogP contribution in [0.25, 0.3) is 0 Å². The lowest BCUT2D eigenvalue weighted by molar-refractivity contribution is -0.120. The molecule has 4 nitrogen and oxygen atoms in total. The first-order valence-electron chi connectivity index (χ1n) is 8.33. The van der Waals surface area contributed by atoms with Crippen LogP contribution < -0.4 is 14.8 Å². The standard InChI is InChI=1S/C20H25NO3S/c1-15(25-19-12-10-18(24-3)11-13-19)20(22)21-14-4-5-16-6-8-17(23-2)9-7-16/h6-13,15H,4-5,14H2,1-3H3,(H,21,22)/t15-/m0/s1. The van der Waals surface area contributed by atoms with Crippen molar-refractivity contribution in [1.82, 2.24) is 5.32 Å². The summed E-state index contributed by atoms with van der Waals surface area (Å²) in [6.45, 7) is 2.60. The molecule has 0 saturated heterocycles. The van der Waals surface area contributed by atoms with E-state index in [2.05, 4.69) is 17.4 Å². The lowest BCUT2D eigenvalue weighted by atomic mass is 10.1. The van der Waals surface area contributed by atoms with E-state index in [1.807, 2.05) is 43.3 Å². The Hall–Kier alpha value is -2.14. The van der Waals surface area contributed by atoms with Gasteiger partial charge in [0.25, 0.3) is 0 Å². The monoisotopic (exact) mass is 359 g/mol. The molecule has 0 aliphatic carbocycles. The van der Waals surface area contributed by atoms with Crippen LogP contribution >= 0.6 is 11.8 Å². The van der Waals surface area contributed by atoms with Gasteiger partial charge in [-0.05, 0) is 61.7 Å². The number of benzene rings is 2. The van der Waals surface area contributed by atoms with Gasteiger partial charge in [-0.2, -0.15) is 0 Å². The smallest absolute Gasteiger partial charge is 0.233 e. The van der Waals surface area contributed by atoms with E-state index < -0.39 is 0 Å². The van der Waals surface area contributed by atoms with E-state index in [1.165, 1.54) is 5.56 Å². The second-order valence-electron chi connectivity index (χ2n) is 5.68. The predicted molar refractivity (Wildman–Crippen MR) is 103 cm³/mol. The highest BCUT2D eigenvalue weighted by molar-refractivity contribution is 8.00. The first kappa shape index (κ1) is 19.2. The fraction of sp³-hybridized carbons (Fsp3) is 0.350. The summed E-state index contributed by atoms with van der Waals surface area (Å²) in [5, 5.41) is 2.88. The summed E-state index contributed by atoms with van der Waals surface area (Å²) in [5.41, 5.74) is 1.25. The van der Waals surface area contributed by atoms with Crippen LogP contribution in [-0.2, 0) is 11.2 Å². The Labute approximate surface area is 153 Å². The zero-order valence-corrected chi connectivity index (χ0v) is 15.8. The van der Waals surface area contributed by atoms with Gasteiger partial charge in [0.15, 0.2) is 0 Å². The Kier molecular flexibility index (Phi) is 7.67. The molecule has 0 aliphatic heterocycles. The van der Waals surface area contributed by atoms with Crippen molar-refractivity contribution in [2.45, 2.75) is 29.9 Å². The number of rotatable bonds is 9. The number of aryl methyl sites for hydroxylation is 1. The fourth-order valence-corrected chi connectivity index (χ4v) is 3.24. The van der Waals surface area contributed by atoms with Gasteiger partial charge in [-0.1, -0.05) is 12.1 Å². The summed E-state index contributed by atoms with van der Waals surface area (Å²) in [5.74, 6) is 1.75. The van der Waals surface area contributed by atoms with Gasteiger partial charge in [-0.15, -0.1) is 11.8 Å². The minimum atomic E-state index is -0.130. The van der Waals surface area contributed by atoms with Crippen molar-refractivity contribution < 1.29 is 14.3 Å². The van der Waals surface area contributed by atoms with Crippen molar-refractivity contribution in [1.29, 1.82) is 0 Å². The lowest BCUT2D eigenvalue weighted by Crippen LogP contribution is -2.31. The molecule has 0 fully saturated rings. The summed E-state index contributed by atoms with van der Waals surface area (Å²) in [7, 11) is 3.31. The van der Waals surface area contributed by atoms with Crippen LogP contribution in [0.2, 0.25) is 0 Å². The Morgan fingerprint density at radius 1 is 1.00 bits per heavy atom. The van der Waals surface area contributed by atoms with Crippen LogP contribution in [0.3, 0.4) is 0 Å². The van der Waals surface area contributed by atoms with Crippen LogP contribution in [0.4, 0.5) is 0 Å². The molecule has 1 N–H and O–H groups in total. The third-order valence-electron chi connectivity index (χ3n) is 3.84. The van der Waals surface area contributed by atoms with Crippen LogP contribution in [0.1, 0.15) is 18.9 Å². The number of carbonyl (C=O) groups excluding carboxylic acids is 1. The summed E-state index contributed by atoms with van der Waals surface area (Å²) in [6, 6.07) is 15.8. The predicted octanol–water partition coefficient (Wildman–Crippen LogP) is 3.93. The van der Waals surface area contributed by atoms with Crippen LogP contribution in [-0.4, -0.2) is 31.9 Å². The molecule has 5 heteroatoms. The Balaban J connectivity index is 1.69. The van der Waals surface area contributed by atoms with Gasteiger partial charge in [0.05, 0.1) is 19.5 Å². The Morgan fingerprint density at radius 2 is 1.56 bits per heavy atom. The van der Waals surface area contributed by atoms with Gasteiger partial charge in [0, 0.05) is 11.4 Å². The van der Waals surface area contributed by atoms with Gasteiger partial charge in [0.2, 0.25) is 5.91 Å². The van der Waals surface area contributed by atoms with Crippen molar-refractivity contribution >= 4 is 17.7 Å². The minimum absolute atomic E-state index is 0.0653. The van der Waals surface area contributed by atoms with Gasteiger partial charge in [-0.25, -0.2) is 0 Å². The van der Waals surface area contributed by atoms with Gasteiger partial charge in [0.1, 0.15) is 11.5 Å². The molecule has 0 spiro atoms. The molecule has 0 aromatic heterocycles. The van der Waals surface area contributed by atoms with Crippen molar-refractivity contribution in [3.8, 4) is 11.5 Å². The number of hydrogen-bond acceptors (Lipinski definition) is 4. The van der Waals surface area contributed by atoms with Crippen LogP contribution in [0.15, 0.2) is 53.4 Å². The van der Waals surface area contributed by atoms with E-state index in [-0.39, 0.29) is 11.2 Å². The quantitative estimate of drug-likeness (QED) is 0.544. The normalized spacial score (nSPS) is 11.6. The summed E-state index contributed by atoms with van der Waals surface area (Å²) in [6.07, 6.45) is 1.85. The molecular weight excluding hydrogens is 334 g/mol. The van der Waals surface area contributed by atoms with Gasteiger partial charge < -0.3 is 14.8 Å². The molecule has 25 heavy (non-hydrogen) atoms. The fourth-order valence-electron chi connectivity index (χ4n) is 2.35. The molecule has 2 aromatic rings. The maximum atomic E-state index is 12.2. The van der Waals surface area contributed by atoms with E-state index in [9.17, 15) is 4.79 Å². The van der Waals surface area contributed by atoms with Crippen molar-refractivity contribution in [2.75, 3.05) is 20.8 Å². The zero-order chi connectivity index (χ0) is 18.1. The van der Waals surface area contributed by atoms with Crippen LogP contribution in [0, 0.1) is 0 Å². The molecule has 2 rings (SSSR count). The van der Waals surface area contributed by atoms with Gasteiger partial charge in [-0.3, -0.25) is 4.79 Å². The zero-order valence-electron chi connectivity index (χ0n) is 15.0. The Bertz CT molecular complexity index is 656. The lowest BCUT2D eigenvalue weighted by Gasteiger charge is -2.12. The van der Waals surface area contributed by atoms with E-state index in [4.69, 9.17) is 9.47 Å². The van der Waals surface area contributed by atoms with Crippen molar-refractivity contribution in [3.63, 3.8) is 0 Å². The topological polar surface area (TPSA) is 47.6 Å². The Morgan fingerprint density at radius 3 is 2.12 bits per heavy atom. The van der Waals surface area contributed by atoms with Gasteiger partial charge >= 0.3 is 0 Å². The average molecular weight is 359 g/mol. The molecule has 134 valence electrons. The van der Waals surface area contributed by atoms with E-state index in [0.29, 0.717) is 6.54 Å². The van der Waals surface area contributed by atoms with E-state index >= 15 is 0 Å². The SMILES string of the molecule is COc1ccc(CCCNC(=O)[C@H](C)Sc2ccc(OC)cc2)cc1. The molecule has 1 atom stereocenters. The first-order valence-corrected chi connectivity index (χ1v) is 9.21. The molecule has 0 bridgehead atoms. The summed E-state index contributed by atoms with van der Waals surface area (Å²) in [4.78, 5) is 13.2. The van der Waals surface area contributed by atoms with E-state index in [0.717, 1.165) is 29.2 Å². The number of carbonyl (C=O) groups is 1. The minimum Gasteiger partial charge on any atom is -0.497 e. The molecule has 1 amide bonds. The third-order valence-corrected chi connectivity index (χ3v) is 4.95. The molecular formula is C20H25NO3S. The molecule has 0 radical (unpaired) electrons. The largest absolute Gasteiger partial charge is 0.497 e. The maximum absolute atomic E-state index is 12.2. The molecule has 0 saturated carbocycles. The second kappa shape index (κ2) is 9.99. The second-order valence-corrected chi connectivity index (χ2v) is 7.09. The molecule has 0 unspecified atom stereocenters. The summed E-state index contributed by atoms with van der Waals surface area (Å²) >= 11 is 1.55. The number of ether oxygens (including phenoxy) is 2. The highest BCUT2D eigenvalue weighted by Crippen LogP contribution is 2.25. The van der Waals surface area contributed by atoms with Crippen LogP contribution in [0.5, 0.6) is 11.5 Å². The first-order chi connectivity index (χ1) is 12.1. The number of thioether (sulfide) groups is 1. The third kappa shape index (κ3) is 6.35. The van der Waals surface area contributed by atoms with E-state index in [1.54, 1.807) is 26.0 Å². The number of nitrogens with one attached hydrogen (secondary N) is 1. The number of methoxy groups -OCH3 is 2. The number of hydrogen-bond donors (Lipinski definition) is 1. The van der Waals surface area contributed by atoms with Crippen molar-refractivity contribution in [2.24, 2.45) is 0 Å². The highest BCUT2D eigenvalue weighted by Gasteiger charge is 2.13. The number of amides is 1. The summed E-state index contributed by atoms with van der Waals surface area (Å²) < 4.78 is 10.3. The molecule has 2 aromatic carbocycles. The molecule has 0 heterocycles. The maximum Gasteiger partial charge on any atom is 0.233 e. The highest BCUT2D eigenvalue weighted by atomic mass is 32.2. The van der Waals surface area contributed by atoms with Crippen molar-refractivity contribution in [3.05, 3.63) is 54.1 Å².